The van der Waals surface area contributed by atoms with Gasteiger partial charge in [0, 0.05) is 11.4 Å². The molecule has 2 rings (SSSR count). The lowest BCUT2D eigenvalue weighted by molar-refractivity contribution is 0.514. The van der Waals surface area contributed by atoms with Gasteiger partial charge in [-0.15, -0.1) is 11.6 Å². The van der Waals surface area contributed by atoms with Gasteiger partial charge in [-0.1, -0.05) is 31.4 Å². The van der Waals surface area contributed by atoms with E-state index in [1.165, 1.54) is 0 Å². The van der Waals surface area contributed by atoms with Gasteiger partial charge in [-0.2, -0.15) is 0 Å². The largest absolute Gasteiger partial charge is 0.240 e. The molecule has 2 unspecified atom stereocenters. The molecule has 0 heterocycles. The highest BCUT2D eigenvalue weighted by Crippen LogP contribution is 2.24. The normalized spacial score (nSPS) is 24.9. The predicted molar refractivity (Wildman–Crippen MR) is 78.0 cm³/mol. The molecule has 1 aromatic rings. The van der Waals surface area contributed by atoms with Crippen LogP contribution < -0.4 is 4.72 Å². The van der Waals surface area contributed by atoms with Crippen LogP contribution in [0.2, 0.25) is 0 Å². The van der Waals surface area contributed by atoms with Crippen molar-refractivity contribution in [1.82, 2.24) is 4.72 Å². The first-order valence-electron chi connectivity index (χ1n) is 6.72. The fourth-order valence-electron chi connectivity index (χ4n) is 2.44. The van der Waals surface area contributed by atoms with Crippen LogP contribution in [0.5, 0.6) is 0 Å². The van der Waals surface area contributed by atoms with Gasteiger partial charge in [0.1, 0.15) is 0 Å². The summed E-state index contributed by atoms with van der Waals surface area (Å²) in [6, 6.07) is 6.79. The summed E-state index contributed by atoms with van der Waals surface area (Å²) in [6.45, 7) is 1.88. The molecule has 0 saturated heterocycles. The molecule has 19 heavy (non-hydrogen) atoms. The number of sulfonamides is 1. The third-order valence-corrected chi connectivity index (χ3v) is 5.55. The van der Waals surface area contributed by atoms with Gasteiger partial charge in [0.15, 0.2) is 0 Å². The summed E-state index contributed by atoms with van der Waals surface area (Å²) >= 11 is 6.28. The first kappa shape index (κ1) is 14.8. The van der Waals surface area contributed by atoms with Crippen LogP contribution in [0, 0.1) is 6.92 Å². The average Bonchev–Trinajstić information content (AvgIpc) is 2.55. The molecule has 1 saturated carbocycles. The summed E-state index contributed by atoms with van der Waals surface area (Å²) in [5.74, 6) is 0. The van der Waals surface area contributed by atoms with E-state index in [4.69, 9.17) is 11.6 Å². The summed E-state index contributed by atoms with van der Waals surface area (Å²) in [4.78, 5) is 0.320. The van der Waals surface area contributed by atoms with Gasteiger partial charge in [-0.25, -0.2) is 13.1 Å². The van der Waals surface area contributed by atoms with Crippen molar-refractivity contribution in [2.24, 2.45) is 0 Å². The zero-order valence-corrected chi connectivity index (χ0v) is 12.7. The van der Waals surface area contributed by atoms with Crippen LogP contribution in [0.3, 0.4) is 0 Å². The zero-order valence-electron chi connectivity index (χ0n) is 11.1. The molecule has 2 atom stereocenters. The molecule has 0 aliphatic heterocycles. The van der Waals surface area contributed by atoms with Crippen LogP contribution in [0.25, 0.3) is 0 Å². The number of aryl methyl sites for hydroxylation is 1. The van der Waals surface area contributed by atoms with Crippen LogP contribution >= 0.6 is 11.6 Å². The first-order valence-corrected chi connectivity index (χ1v) is 8.64. The van der Waals surface area contributed by atoms with Gasteiger partial charge in [0.25, 0.3) is 0 Å². The Kier molecular flexibility index (Phi) is 4.87. The minimum Gasteiger partial charge on any atom is -0.207 e. The number of hydrogen-bond donors (Lipinski definition) is 1. The van der Waals surface area contributed by atoms with Crippen LogP contribution in [0.15, 0.2) is 29.2 Å². The lowest BCUT2D eigenvalue weighted by atomic mass is 10.1. The Morgan fingerprint density at radius 1 is 1.21 bits per heavy atom. The third-order valence-electron chi connectivity index (χ3n) is 3.54. The second-order valence-corrected chi connectivity index (χ2v) is 7.47. The Bertz CT molecular complexity index is 530. The molecule has 1 fully saturated rings. The van der Waals surface area contributed by atoms with Crippen molar-refractivity contribution < 1.29 is 8.42 Å². The Morgan fingerprint density at radius 3 is 2.68 bits per heavy atom. The van der Waals surface area contributed by atoms with Crippen LogP contribution in [0.1, 0.15) is 37.7 Å². The second-order valence-electron chi connectivity index (χ2n) is 5.20. The maximum absolute atomic E-state index is 12.3. The number of nitrogens with one attached hydrogen (secondary N) is 1. The topological polar surface area (TPSA) is 46.2 Å². The minimum absolute atomic E-state index is 0.109. The van der Waals surface area contributed by atoms with E-state index < -0.39 is 10.0 Å². The molecule has 0 spiro atoms. The minimum atomic E-state index is -3.47. The molecular formula is C14H20ClNO2S. The van der Waals surface area contributed by atoms with Gasteiger partial charge >= 0.3 is 0 Å². The average molecular weight is 302 g/mol. The van der Waals surface area contributed by atoms with Crippen molar-refractivity contribution in [3.8, 4) is 0 Å². The molecule has 0 bridgehead atoms. The Hall–Kier alpha value is -0.580. The van der Waals surface area contributed by atoms with E-state index in [1.54, 1.807) is 18.2 Å². The van der Waals surface area contributed by atoms with E-state index >= 15 is 0 Å². The molecule has 0 aromatic heterocycles. The Morgan fingerprint density at radius 2 is 1.95 bits per heavy atom. The van der Waals surface area contributed by atoms with E-state index in [-0.39, 0.29) is 11.4 Å². The fraction of sp³-hybridized carbons (Fsp3) is 0.571. The van der Waals surface area contributed by atoms with Gasteiger partial charge in [0.05, 0.1) is 4.90 Å². The molecule has 1 aliphatic carbocycles. The van der Waals surface area contributed by atoms with E-state index in [2.05, 4.69) is 4.72 Å². The van der Waals surface area contributed by atoms with E-state index in [1.807, 2.05) is 13.0 Å². The first-order chi connectivity index (χ1) is 8.99. The van der Waals surface area contributed by atoms with E-state index in [9.17, 15) is 8.42 Å². The highest BCUT2D eigenvalue weighted by molar-refractivity contribution is 7.89. The van der Waals surface area contributed by atoms with E-state index in [0.717, 1.165) is 37.7 Å². The van der Waals surface area contributed by atoms with Gasteiger partial charge in [0.2, 0.25) is 10.0 Å². The van der Waals surface area contributed by atoms with Crippen molar-refractivity contribution >= 4 is 21.6 Å². The van der Waals surface area contributed by atoms with Crippen molar-refractivity contribution in [1.29, 1.82) is 0 Å². The van der Waals surface area contributed by atoms with Crippen LogP contribution in [-0.4, -0.2) is 19.8 Å². The number of hydrogen-bond acceptors (Lipinski definition) is 2. The number of halogens is 1. The van der Waals surface area contributed by atoms with Crippen LogP contribution in [-0.2, 0) is 10.0 Å². The molecule has 1 aliphatic rings. The molecule has 1 N–H and O–H groups in total. The highest BCUT2D eigenvalue weighted by atomic mass is 35.5. The van der Waals surface area contributed by atoms with Gasteiger partial charge in [-0.05, 0) is 37.5 Å². The number of alkyl halides is 1. The standard InChI is InChI=1S/C14H20ClNO2S/c1-11-6-5-7-12(10-11)19(17,18)16-14-9-4-2-3-8-13(14)15/h5-7,10,13-14,16H,2-4,8-9H2,1H3. The van der Waals surface area contributed by atoms with Gasteiger partial charge < -0.3 is 0 Å². The third kappa shape index (κ3) is 3.94. The predicted octanol–water partition coefficient (Wildman–Crippen LogP) is 3.21. The maximum atomic E-state index is 12.3. The fourth-order valence-corrected chi connectivity index (χ4v) is 4.28. The lowest BCUT2D eigenvalue weighted by Crippen LogP contribution is -2.40. The lowest BCUT2D eigenvalue weighted by Gasteiger charge is -2.21. The smallest absolute Gasteiger partial charge is 0.207 e. The van der Waals surface area contributed by atoms with Crippen molar-refractivity contribution in [3.05, 3.63) is 29.8 Å². The summed E-state index contributed by atoms with van der Waals surface area (Å²) in [5, 5.41) is -0.109. The summed E-state index contributed by atoms with van der Waals surface area (Å²) in [5.41, 5.74) is 0.936. The van der Waals surface area contributed by atoms with Crippen molar-refractivity contribution in [3.63, 3.8) is 0 Å². The van der Waals surface area contributed by atoms with E-state index in [0.29, 0.717) is 4.90 Å². The molecule has 3 nitrogen and oxygen atoms in total. The molecule has 0 amide bonds. The highest BCUT2D eigenvalue weighted by Gasteiger charge is 2.27. The quantitative estimate of drug-likeness (QED) is 0.688. The molecule has 5 heteroatoms. The summed E-state index contributed by atoms with van der Waals surface area (Å²) < 4.78 is 27.5. The molecule has 106 valence electrons. The molecule has 0 radical (unpaired) electrons. The summed E-state index contributed by atoms with van der Waals surface area (Å²) in [6.07, 6.45) is 4.94. The Labute approximate surface area is 120 Å². The monoisotopic (exact) mass is 301 g/mol. The van der Waals surface area contributed by atoms with Gasteiger partial charge in [-0.3, -0.25) is 0 Å². The maximum Gasteiger partial charge on any atom is 0.240 e. The zero-order chi connectivity index (χ0) is 13.9. The number of rotatable bonds is 3. The number of benzene rings is 1. The molecule has 1 aromatic carbocycles. The van der Waals surface area contributed by atoms with Crippen molar-refractivity contribution in [2.45, 2.75) is 55.3 Å². The van der Waals surface area contributed by atoms with Crippen molar-refractivity contribution in [2.75, 3.05) is 0 Å². The summed E-state index contributed by atoms with van der Waals surface area (Å²) in [7, 11) is -3.47. The molecular weight excluding hydrogens is 282 g/mol. The SMILES string of the molecule is Cc1cccc(S(=O)(=O)NC2CCCCCC2Cl)c1. The second kappa shape index (κ2) is 6.25. The van der Waals surface area contributed by atoms with Crippen LogP contribution in [0.4, 0.5) is 0 Å². The Balaban J connectivity index is 2.16.